The Balaban J connectivity index is 1.97. The summed E-state index contributed by atoms with van der Waals surface area (Å²) in [7, 11) is 0. The smallest absolute Gasteiger partial charge is 0.0757 e. The first-order valence-corrected chi connectivity index (χ1v) is 4.92. The molecule has 1 fully saturated rings. The maximum Gasteiger partial charge on any atom is 0.0757 e. The molecule has 0 aromatic rings. The third kappa shape index (κ3) is 3.88. The van der Waals surface area contributed by atoms with Gasteiger partial charge < -0.3 is 10.1 Å². The van der Waals surface area contributed by atoms with E-state index in [-0.39, 0.29) is 0 Å². The van der Waals surface area contributed by atoms with E-state index in [1.807, 2.05) is 0 Å². The Labute approximate surface area is 75.0 Å². The summed E-state index contributed by atoms with van der Waals surface area (Å²) in [5, 5.41) is 3.32. The number of nitrogens with one attached hydrogen (secondary N) is 1. The molecule has 1 saturated heterocycles. The van der Waals surface area contributed by atoms with E-state index in [2.05, 4.69) is 24.4 Å². The van der Waals surface area contributed by atoms with Crippen molar-refractivity contribution in [2.45, 2.75) is 32.3 Å². The van der Waals surface area contributed by atoms with Crippen molar-refractivity contribution in [1.82, 2.24) is 5.32 Å². The summed E-state index contributed by atoms with van der Waals surface area (Å²) in [4.78, 5) is 0. The second-order valence-corrected chi connectivity index (χ2v) is 3.18. The van der Waals surface area contributed by atoms with E-state index < -0.39 is 0 Å². The molecule has 0 radical (unpaired) electrons. The van der Waals surface area contributed by atoms with Crippen molar-refractivity contribution in [2.75, 3.05) is 19.7 Å². The summed E-state index contributed by atoms with van der Waals surface area (Å²) in [6, 6.07) is 0. The Kier molecular flexibility index (Phi) is 5.04. The average Bonchev–Trinajstić information content (AvgIpc) is 2.57. The fourth-order valence-electron chi connectivity index (χ4n) is 1.34. The summed E-state index contributed by atoms with van der Waals surface area (Å²) in [5.41, 5.74) is 0. The maximum atomic E-state index is 5.44. The van der Waals surface area contributed by atoms with Crippen LogP contribution in [0.4, 0.5) is 0 Å². The SMILES string of the molecule is CCCNC/C=C/C1CCCO1. The lowest BCUT2D eigenvalue weighted by Crippen LogP contribution is -2.14. The molecule has 1 N–H and O–H groups in total. The van der Waals surface area contributed by atoms with Crippen LogP contribution >= 0.6 is 0 Å². The van der Waals surface area contributed by atoms with E-state index in [1.54, 1.807) is 0 Å². The standard InChI is InChI=1S/C10H19NO/c1-2-7-11-8-3-5-10-6-4-9-12-10/h3,5,10-11H,2,4,6-9H2,1H3/b5-3+. The Morgan fingerprint density at radius 2 is 2.50 bits per heavy atom. The van der Waals surface area contributed by atoms with E-state index in [4.69, 9.17) is 4.74 Å². The number of rotatable bonds is 5. The molecule has 1 rings (SSSR count). The molecule has 1 heterocycles. The minimum atomic E-state index is 0.397. The van der Waals surface area contributed by atoms with E-state index in [1.165, 1.54) is 19.3 Å². The zero-order chi connectivity index (χ0) is 8.65. The molecule has 0 aromatic heterocycles. The fourth-order valence-corrected chi connectivity index (χ4v) is 1.34. The van der Waals surface area contributed by atoms with Gasteiger partial charge in [0.15, 0.2) is 0 Å². The lowest BCUT2D eigenvalue weighted by Gasteiger charge is -2.01. The molecule has 0 bridgehead atoms. The lowest BCUT2D eigenvalue weighted by atomic mass is 10.2. The van der Waals surface area contributed by atoms with Gasteiger partial charge in [0.25, 0.3) is 0 Å². The third-order valence-electron chi connectivity index (χ3n) is 2.00. The van der Waals surface area contributed by atoms with Gasteiger partial charge >= 0.3 is 0 Å². The number of hydrogen-bond acceptors (Lipinski definition) is 2. The van der Waals surface area contributed by atoms with Gasteiger partial charge in [-0.3, -0.25) is 0 Å². The first-order valence-electron chi connectivity index (χ1n) is 4.92. The zero-order valence-corrected chi connectivity index (χ0v) is 7.88. The molecule has 0 spiro atoms. The Hall–Kier alpha value is -0.340. The van der Waals surface area contributed by atoms with Crippen molar-refractivity contribution < 1.29 is 4.74 Å². The molecule has 2 nitrogen and oxygen atoms in total. The highest BCUT2D eigenvalue weighted by atomic mass is 16.5. The summed E-state index contributed by atoms with van der Waals surface area (Å²) in [6.07, 6.45) is 8.37. The van der Waals surface area contributed by atoms with Crippen LogP contribution in [-0.4, -0.2) is 25.8 Å². The Morgan fingerprint density at radius 3 is 3.17 bits per heavy atom. The first kappa shape index (κ1) is 9.75. The summed E-state index contributed by atoms with van der Waals surface area (Å²) in [5.74, 6) is 0. The molecule has 1 atom stereocenters. The molecule has 12 heavy (non-hydrogen) atoms. The topological polar surface area (TPSA) is 21.3 Å². The van der Waals surface area contributed by atoms with Crippen LogP contribution in [0.5, 0.6) is 0 Å². The molecule has 0 aliphatic carbocycles. The van der Waals surface area contributed by atoms with E-state index in [9.17, 15) is 0 Å². The average molecular weight is 169 g/mol. The Morgan fingerprint density at radius 1 is 1.58 bits per heavy atom. The third-order valence-corrected chi connectivity index (χ3v) is 2.00. The minimum Gasteiger partial charge on any atom is -0.374 e. The zero-order valence-electron chi connectivity index (χ0n) is 7.88. The van der Waals surface area contributed by atoms with Crippen molar-refractivity contribution >= 4 is 0 Å². The molecule has 70 valence electrons. The van der Waals surface area contributed by atoms with Gasteiger partial charge in [-0.05, 0) is 25.8 Å². The van der Waals surface area contributed by atoms with Crippen LogP contribution < -0.4 is 5.32 Å². The fraction of sp³-hybridized carbons (Fsp3) is 0.800. The number of ether oxygens (including phenoxy) is 1. The van der Waals surface area contributed by atoms with E-state index in [0.29, 0.717) is 6.10 Å². The van der Waals surface area contributed by atoms with Crippen molar-refractivity contribution in [3.63, 3.8) is 0 Å². The van der Waals surface area contributed by atoms with E-state index in [0.717, 1.165) is 19.7 Å². The second-order valence-electron chi connectivity index (χ2n) is 3.18. The Bertz CT molecular complexity index is 128. The van der Waals surface area contributed by atoms with Crippen LogP contribution in [0.25, 0.3) is 0 Å². The van der Waals surface area contributed by atoms with Gasteiger partial charge in [0, 0.05) is 13.2 Å². The summed E-state index contributed by atoms with van der Waals surface area (Å²) in [6.45, 7) is 5.21. The van der Waals surface area contributed by atoms with Crippen LogP contribution in [0.15, 0.2) is 12.2 Å². The van der Waals surface area contributed by atoms with Crippen LogP contribution in [-0.2, 0) is 4.74 Å². The molecule has 0 amide bonds. The summed E-state index contributed by atoms with van der Waals surface area (Å²) >= 11 is 0. The van der Waals surface area contributed by atoms with Crippen LogP contribution in [0.2, 0.25) is 0 Å². The molecule has 0 aromatic carbocycles. The van der Waals surface area contributed by atoms with E-state index >= 15 is 0 Å². The predicted molar refractivity (Wildman–Crippen MR) is 51.3 cm³/mol. The van der Waals surface area contributed by atoms with Gasteiger partial charge in [0.1, 0.15) is 0 Å². The normalized spacial score (nSPS) is 23.9. The van der Waals surface area contributed by atoms with Gasteiger partial charge in [-0.15, -0.1) is 0 Å². The number of hydrogen-bond donors (Lipinski definition) is 1. The van der Waals surface area contributed by atoms with Crippen molar-refractivity contribution in [3.8, 4) is 0 Å². The van der Waals surface area contributed by atoms with Gasteiger partial charge in [0.2, 0.25) is 0 Å². The highest BCUT2D eigenvalue weighted by Crippen LogP contribution is 2.12. The van der Waals surface area contributed by atoms with Gasteiger partial charge in [0.05, 0.1) is 6.10 Å². The predicted octanol–water partition coefficient (Wildman–Crippen LogP) is 1.72. The van der Waals surface area contributed by atoms with Crippen molar-refractivity contribution in [3.05, 3.63) is 12.2 Å². The molecule has 1 aliphatic heterocycles. The van der Waals surface area contributed by atoms with Gasteiger partial charge in [-0.1, -0.05) is 19.1 Å². The molecular weight excluding hydrogens is 150 g/mol. The largest absolute Gasteiger partial charge is 0.374 e. The molecule has 2 heteroatoms. The van der Waals surface area contributed by atoms with Gasteiger partial charge in [-0.25, -0.2) is 0 Å². The van der Waals surface area contributed by atoms with Crippen molar-refractivity contribution in [2.24, 2.45) is 0 Å². The first-order chi connectivity index (χ1) is 5.93. The van der Waals surface area contributed by atoms with Crippen LogP contribution in [0.3, 0.4) is 0 Å². The highest BCUT2D eigenvalue weighted by Gasteiger charge is 2.10. The molecule has 1 aliphatic rings. The molecular formula is C10H19NO. The maximum absolute atomic E-state index is 5.44. The van der Waals surface area contributed by atoms with Crippen LogP contribution in [0.1, 0.15) is 26.2 Å². The molecule has 1 unspecified atom stereocenters. The van der Waals surface area contributed by atoms with Gasteiger partial charge in [-0.2, -0.15) is 0 Å². The van der Waals surface area contributed by atoms with Crippen molar-refractivity contribution in [1.29, 1.82) is 0 Å². The lowest BCUT2D eigenvalue weighted by molar-refractivity contribution is 0.145. The summed E-state index contributed by atoms with van der Waals surface area (Å²) < 4.78 is 5.44. The highest BCUT2D eigenvalue weighted by molar-refractivity contribution is 4.92. The van der Waals surface area contributed by atoms with Crippen LogP contribution in [0, 0.1) is 0 Å². The quantitative estimate of drug-likeness (QED) is 0.500. The monoisotopic (exact) mass is 169 g/mol. The second kappa shape index (κ2) is 6.21. The minimum absolute atomic E-state index is 0.397. The molecule has 0 saturated carbocycles.